The highest BCUT2D eigenvalue weighted by Crippen LogP contribution is 2.07. The van der Waals surface area contributed by atoms with Crippen molar-refractivity contribution in [2.45, 2.75) is 52.6 Å². The van der Waals surface area contributed by atoms with Gasteiger partial charge >= 0.3 is 0 Å². The van der Waals surface area contributed by atoms with E-state index in [9.17, 15) is 0 Å². The molecule has 0 aliphatic heterocycles. The van der Waals surface area contributed by atoms with E-state index < -0.39 is 0 Å². The smallest absolute Gasteiger partial charge is 0.226 e. The molecule has 1 N–H and O–H groups in total. The summed E-state index contributed by atoms with van der Waals surface area (Å²) in [5.74, 6) is 1.45. The molecular formula is C12H23N3O2. The highest BCUT2D eigenvalue weighted by molar-refractivity contribution is 4.87. The van der Waals surface area contributed by atoms with Crippen molar-refractivity contribution in [2.24, 2.45) is 0 Å². The molecule has 0 bridgehead atoms. The molecule has 1 heterocycles. The van der Waals surface area contributed by atoms with Crippen LogP contribution < -0.4 is 0 Å². The van der Waals surface area contributed by atoms with E-state index in [-0.39, 0.29) is 6.61 Å². The quantitative estimate of drug-likeness (QED) is 0.749. The molecule has 0 fully saturated rings. The van der Waals surface area contributed by atoms with E-state index in [0.717, 1.165) is 31.6 Å². The Morgan fingerprint density at radius 3 is 2.76 bits per heavy atom. The molecule has 0 aliphatic rings. The first kappa shape index (κ1) is 14.1. The molecule has 5 heteroatoms. The van der Waals surface area contributed by atoms with Crippen molar-refractivity contribution in [3.05, 3.63) is 11.7 Å². The van der Waals surface area contributed by atoms with Crippen molar-refractivity contribution in [2.75, 3.05) is 13.2 Å². The molecule has 17 heavy (non-hydrogen) atoms. The lowest BCUT2D eigenvalue weighted by atomic mass is 10.3. The number of nitrogens with zero attached hydrogens (tertiary/aromatic N) is 3. The molecule has 1 aromatic rings. The van der Waals surface area contributed by atoms with E-state index in [2.05, 4.69) is 35.8 Å². The van der Waals surface area contributed by atoms with Gasteiger partial charge in [0, 0.05) is 25.6 Å². The Kier molecular flexibility index (Phi) is 6.15. The Labute approximate surface area is 103 Å². The number of aliphatic hydroxyl groups excluding tert-OH is 1. The average molecular weight is 241 g/mol. The minimum atomic E-state index is 0.219. The van der Waals surface area contributed by atoms with E-state index in [1.54, 1.807) is 0 Å². The summed E-state index contributed by atoms with van der Waals surface area (Å²) in [6.07, 6.45) is 2.63. The number of rotatable bonds is 8. The second-order valence-electron chi connectivity index (χ2n) is 4.50. The van der Waals surface area contributed by atoms with Crippen LogP contribution in [0.3, 0.4) is 0 Å². The van der Waals surface area contributed by atoms with Crippen molar-refractivity contribution in [3.63, 3.8) is 0 Å². The fraction of sp³-hybridized carbons (Fsp3) is 0.833. The van der Waals surface area contributed by atoms with Gasteiger partial charge in [0.25, 0.3) is 0 Å². The van der Waals surface area contributed by atoms with Crippen LogP contribution >= 0.6 is 0 Å². The van der Waals surface area contributed by atoms with E-state index in [1.807, 2.05) is 0 Å². The molecule has 0 unspecified atom stereocenters. The maximum absolute atomic E-state index is 8.86. The van der Waals surface area contributed by atoms with Gasteiger partial charge in [0.1, 0.15) is 0 Å². The van der Waals surface area contributed by atoms with Gasteiger partial charge in [0.05, 0.1) is 6.54 Å². The van der Waals surface area contributed by atoms with Gasteiger partial charge in [0.15, 0.2) is 5.82 Å². The standard InChI is InChI=1S/C12H23N3O2/c1-4-6-12-13-11(14-17-12)9-15(10(2)3)7-5-8-16/h10,16H,4-9H2,1-3H3. The summed E-state index contributed by atoms with van der Waals surface area (Å²) < 4.78 is 5.15. The van der Waals surface area contributed by atoms with Gasteiger partial charge in [-0.25, -0.2) is 0 Å². The van der Waals surface area contributed by atoms with E-state index >= 15 is 0 Å². The maximum Gasteiger partial charge on any atom is 0.226 e. The van der Waals surface area contributed by atoms with Crippen LogP contribution in [0, 0.1) is 0 Å². The second kappa shape index (κ2) is 7.40. The number of aliphatic hydroxyl groups is 1. The van der Waals surface area contributed by atoms with E-state index in [4.69, 9.17) is 9.63 Å². The third-order valence-electron chi connectivity index (χ3n) is 2.65. The van der Waals surface area contributed by atoms with Crippen LogP contribution in [0.25, 0.3) is 0 Å². The minimum absolute atomic E-state index is 0.219. The van der Waals surface area contributed by atoms with Crippen molar-refractivity contribution in [1.82, 2.24) is 15.0 Å². The summed E-state index contributed by atoms with van der Waals surface area (Å²) in [6, 6.07) is 0.412. The average Bonchev–Trinajstić information content (AvgIpc) is 2.72. The first-order valence-corrected chi connectivity index (χ1v) is 6.33. The van der Waals surface area contributed by atoms with E-state index in [0.29, 0.717) is 18.5 Å². The summed E-state index contributed by atoms with van der Waals surface area (Å²) in [5.41, 5.74) is 0. The highest BCUT2D eigenvalue weighted by atomic mass is 16.5. The summed E-state index contributed by atoms with van der Waals surface area (Å²) in [6.45, 7) is 8.10. The molecule has 0 saturated heterocycles. The fourth-order valence-electron chi connectivity index (χ4n) is 1.65. The lowest BCUT2D eigenvalue weighted by Gasteiger charge is -2.24. The molecule has 5 nitrogen and oxygen atoms in total. The topological polar surface area (TPSA) is 62.4 Å². The van der Waals surface area contributed by atoms with Gasteiger partial charge in [-0.3, -0.25) is 4.90 Å². The summed E-state index contributed by atoms with van der Waals surface area (Å²) in [4.78, 5) is 6.58. The number of aryl methyl sites for hydroxylation is 1. The molecule has 0 aromatic carbocycles. The fourth-order valence-corrected chi connectivity index (χ4v) is 1.65. The number of hydrogen-bond acceptors (Lipinski definition) is 5. The van der Waals surface area contributed by atoms with Crippen LogP contribution in [0.4, 0.5) is 0 Å². The van der Waals surface area contributed by atoms with Gasteiger partial charge in [-0.1, -0.05) is 12.1 Å². The van der Waals surface area contributed by atoms with Crippen molar-refractivity contribution >= 4 is 0 Å². The van der Waals surface area contributed by atoms with Crippen LogP contribution in [0.15, 0.2) is 4.52 Å². The van der Waals surface area contributed by atoms with Crippen LogP contribution in [0.5, 0.6) is 0 Å². The zero-order valence-electron chi connectivity index (χ0n) is 11.0. The second-order valence-corrected chi connectivity index (χ2v) is 4.50. The molecular weight excluding hydrogens is 218 g/mol. The van der Waals surface area contributed by atoms with E-state index in [1.165, 1.54) is 0 Å². The summed E-state index contributed by atoms with van der Waals surface area (Å²) in [7, 11) is 0. The maximum atomic E-state index is 8.86. The molecule has 0 aliphatic carbocycles. The Balaban J connectivity index is 2.52. The van der Waals surface area contributed by atoms with Gasteiger partial charge in [-0.2, -0.15) is 4.98 Å². The Hall–Kier alpha value is -0.940. The van der Waals surface area contributed by atoms with Gasteiger partial charge in [0.2, 0.25) is 5.89 Å². The van der Waals surface area contributed by atoms with Crippen molar-refractivity contribution in [3.8, 4) is 0 Å². The van der Waals surface area contributed by atoms with Crippen molar-refractivity contribution < 1.29 is 9.63 Å². The molecule has 0 saturated carbocycles. The normalized spacial score (nSPS) is 11.6. The first-order valence-electron chi connectivity index (χ1n) is 6.33. The lowest BCUT2D eigenvalue weighted by Crippen LogP contribution is -2.32. The summed E-state index contributed by atoms with van der Waals surface area (Å²) in [5, 5.41) is 12.8. The van der Waals surface area contributed by atoms with Gasteiger partial charge in [-0.15, -0.1) is 0 Å². The Bertz CT molecular complexity index is 312. The zero-order chi connectivity index (χ0) is 12.7. The molecule has 0 amide bonds. The lowest BCUT2D eigenvalue weighted by molar-refractivity contribution is 0.179. The molecule has 1 rings (SSSR count). The minimum Gasteiger partial charge on any atom is -0.396 e. The van der Waals surface area contributed by atoms with Gasteiger partial charge < -0.3 is 9.63 Å². The van der Waals surface area contributed by atoms with Crippen molar-refractivity contribution in [1.29, 1.82) is 0 Å². The third kappa shape index (κ3) is 4.83. The van der Waals surface area contributed by atoms with Crippen LogP contribution in [0.1, 0.15) is 45.3 Å². The largest absolute Gasteiger partial charge is 0.396 e. The molecule has 0 spiro atoms. The molecule has 0 atom stereocenters. The highest BCUT2D eigenvalue weighted by Gasteiger charge is 2.13. The van der Waals surface area contributed by atoms with Crippen LogP contribution in [-0.4, -0.2) is 39.3 Å². The summed E-state index contributed by atoms with van der Waals surface area (Å²) >= 11 is 0. The van der Waals surface area contributed by atoms with Crippen LogP contribution in [-0.2, 0) is 13.0 Å². The molecule has 0 radical (unpaired) electrons. The Morgan fingerprint density at radius 1 is 1.41 bits per heavy atom. The number of aromatic nitrogens is 2. The molecule has 1 aromatic heterocycles. The third-order valence-corrected chi connectivity index (χ3v) is 2.65. The SMILES string of the molecule is CCCc1nc(CN(CCCO)C(C)C)no1. The van der Waals surface area contributed by atoms with Crippen LogP contribution in [0.2, 0.25) is 0 Å². The number of hydrogen-bond donors (Lipinski definition) is 1. The Morgan fingerprint density at radius 2 is 2.18 bits per heavy atom. The zero-order valence-corrected chi connectivity index (χ0v) is 11.0. The molecule has 98 valence electrons. The monoisotopic (exact) mass is 241 g/mol. The first-order chi connectivity index (χ1) is 8.17. The predicted octanol–water partition coefficient (Wildman–Crippen LogP) is 1.61. The predicted molar refractivity (Wildman–Crippen MR) is 65.5 cm³/mol. The van der Waals surface area contributed by atoms with Gasteiger partial charge in [-0.05, 0) is 26.7 Å².